The number of carbonyl (C=O) groups is 1. The normalized spacial score (nSPS) is 13.9. The molecule has 1 amide bonds. The van der Waals surface area contributed by atoms with Crippen LogP contribution in [0.4, 0.5) is 0 Å². The van der Waals surface area contributed by atoms with Gasteiger partial charge < -0.3 is 4.90 Å². The van der Waals surface area contributed by atoms with E-state index >= 15 is 0 Å². The van der Waals surface area contributed by atoms with Gasteiger partial charge in [-0.2, -0.15) is 5.10 Å². The summed E-state index contributed by atoms with van der Waals surface area (Å²) in [5, 5.41) is 3.94. The summed E-state index contributed by atoms with van der Waals surface area (Å²) in [5.41, 5.74) is 0.854. The van der Waals surface area contributed by atoms with Crippen LogP contribution in [0, 0.1) is 0 Å². The monoisotopic (exact) mass is 283 g/mol. The molecule has 0 atom stereocenters. The number of hydrogen-bond donors (Lipinski definition) is 0. The zero-order valence-electron chi connectivity index (χ0n) is 11.7. The fourth-order valence-corrected chi connectivity index (χ4v) is 2.31. The second kappa shape index (κ2) is 5.91. The third-order valence-corrected chi connectivity index (χ3v) is 3.57. The highest BCUT2D eigenvalue weighted by molar-refractivity contribution is 5.76. The molecule has 1 saturated carbocycles. The molecule has 5 heteroatoms. The Morgan fingerprint density at radius 3 is 2.62 bits per heavy atom. The molecule has 0 bridgehead atoms. The van der Waals surface area contributed by atoms with Crippen LogP contribution in [0.15, 0.2) is 53.5 Å². The van der Waals surface area contributed by atoms with Gasteiger partial charge in [-0.05, 0) is 24.5 Å². The Kier molecular flexibility index (Phi) is 3.81. The number of amides is 1. The first-order chi connectivity index (χ1) is 10.2. The third-order valence-electron chi connectivity index (χ3n) is 3.57. The molecular formula is C16H17N3O2. The van der Waals surface area contributed by atoms with Crippen LogP contribution in [0.25, 0.3) is 0 Å². The quantitative estimate of drug-likeness (QED) is 0.834. The topological polar surface area (TPSA) is 55.2 Å². The Morgan fingerprint density at radius 1 is 1.19 bits per heavy atom. The smallest absolute Gasteiger partial charge is 0.267 e. The summed E-state index contributed by atoms with van der Waals surface area (Å²) in [4.78, 5) is 26.0. The lowest BCUT2D eigenvalue weighted by Gasteiger charge is -2.22. The molecular weight excluding hydrogens is 266 g/mol. The zero-order chi connectivity index (χ0) is 14.7. The molecule has 1 fully saturated rings. The van der Waals surface area contributed by atoms with Crippen LogP contribution in [-0.2, 0) is 17.9 Å². The van der Waals surface area contributed by atoms with Gasteiger partial charge in [0.25, 0.3) is 5.56 Å². The second-order valence-electron chi connectivity index (χ2n) is 5.26. The van der Waals surface area contributed by atoms with Crippen molar-refractivity contribution in [3.8, 4) is 0 Å². The average Bonchev–Trinajstić information content (AvgIpc) is 3.33. The van der Waals surface area contributed by atoms with Crippen LogP contribution in [0.2, 0.25) is 0 Å². The highest BCUT2D eigenvalue weighted by atomic mass is 16.2. The number of aromatic nitrogens is 2. The summed E-state index contributed by atoms with van der Waals surface area (Å²) in [6.45, 7) is 0.592. The summed E-state index contributed by atoms with van der Waals surface area (Å²) < 4.78 is 1.21. The van der Waals surface area contributed by atoms with Gasteiger partial charge in [0.05, 0.1) is 0 Å². The largest absolute Gasteiger partial charge is 0.334 e. The predicted octanol–water partition coefficient (Wildman–Crippen LogP) is 1.43. The maximum atomic E-state index is 12.5. The van der Waals surface area contributed by atoms with Gasteiger partial charge in [-0.25, -0.2) is 4.68 Å². The van der Waals surface area contributed by atoms with Gasteiger partial charge in [0.15, 0.2) is 0 Å². The molecule has 5 nitrogen and oxygen atoms in total. The average molecular weight is 283 g/mol. The van der Waals surface area contributed by atoms with Crippen molar-refractivity contribution >= 4 is 5.91 Å². The molecule has 3 rings (SSSR count). The Bertz CT molecular complexity index is 677. The second-order valence-corrected chi connectivity index (χ2v) is 5.26. The van der Waals surface area contributed by atoms with Gasteiger partial charge in [0, 0.05) is 24.8 Å². The molecule has 1 aliphatic rings. The van der Waals surface area contributed by atoms with Crippen molar-refractivity contribution in [2.24, 2.45) is 0 Å². The van der Waals surface area contributed by atoms with Crippen LogP contribution in [-0.4, -0.2) is 26.6 Å². The lowest BCUT2D eigenvalue weighted by atomic mass is 10.2. The van der Waals surface area contributed by atoms with E-state index in [9.17, 15) is 9.59 Å². The molecule has 1 aliphatic carbocycles. The van der Waals surface area contributed by atoms with E-state index in [-0.39, 0.29) is 18.0 Å². The zero-order valence-corrected chi connectivity index (χ0v) is 11.7. The van der Waals surface area contributed by atoms with Gasteiger partial charge in [-0.1, -0.05) is 30.3 Å². The molecule has 0 unspecified atom stereocenters. The molecule has 0 spiro atoms. The van der Waals surface area contributed by atoms with Crippen molar-refractivity contribution in [1.29, 1.82) is 0 Å². The van der Waals surface area contributed by atoms with E-state index in [1.54, 1.807) is 6.07 Å². The van der Waals surface area contributed by atoms with E-state index in [1.165, 1.54) is 16.9 Å². The fraction of sp³-hybridized carbons (Fsp3) is 0.312. The van der Waals surface area contributed by atoms with Gasteiger partial charge in [0.2, 0.25) is 5.91 Å². The maximum Gasteiger partial charge on any atom is 0.267 e. The van der Waals surface area contributed by atoms with Crippen molar-refractivity contribution in [3.63, 3.8) is 0 Å². The fourth-order valence-electron chi connectivity index (χ4n) is 2.31. The van der Waals surface area contributed by atoms with Crippen molar-refractivity contribution in [3.05, 3.63) is 64.6 Å². The first-order valence-electron chi connectivity index (χ1n) is 7.09. The Hall–Kier alpha value is -2.43. The molecule has 108 valence electrons. The minimum Gasteiger partial charge on any atom is -0.334 e. The van der Waals surface area contributed by atoms with Gasteiger partial charge in [0.1, 0.15) is 6.54 Å². The molecule has 0 aliphatic heterocycles. The lowest BCUT2D eigenvalue weighted by Crippen LogP contribution is -2.38. The summed E-state index contributed by atoms with van der Waals surface area (Å²) in [5.74, 6) is -0.0536. The van der Waals surface area contributed by atoms with Crippen LogP contribution in [0.1, 0.15) is 18.4 Å². The number of nitrogens with zero attached hydrogens (tertiary/aromatic N) is 3. The molecule has 2 aromatic rings. The summed E-state index contributed by atoms with van der Waals surface area (Å²) >= 11 is 0. The van der Waals surface area contributed by atoms with Crippen LogP contribution < -0.4 is 5.56 Å². The molecule has 0 N–H and O–H groups in total. The van der Waals surface area contributed by atoms with Gasteiger partial charge in [-0.3, -0.25) is 9.59 Å². The van der Waals surface area contributed by atoms with Crippen molar-refractivity contribution in [1.82, 2.24) is 14.7 Å². The summed E-state index contributed by atoms with van der Waals surface area (Å²) in [6.07, 6.45) is 3.60. The Balaban J connectivity index is 1.74. The van der Waals surface area contributed by atoms with Gasteiger partial charge in [-0.15, -0.1) is 0 Å². The number of rotatable bonds is 5. The predicted molar refractivity (Wildman–Crippen MR) is 78.5 cm³/mol. The number of carbonyl (C=O) groups excluding carboxylic acids is 1. The van der Waals surface area contributed by atoms with E-state index in [0.717, 1.165) is 18.4 Å². The van der Waals surface area contributed by atoms with Crippen molar-refractivity contribution < 1.29 is 4.79 Å². The van der Waals surface area contributed by atoms with E-state index < -0.39 is 0 Å². The Labute approximate surface area is 122 Å². The van der Waals surface area contributed by atoms with E-state index in [0.29, 0.717) is 12.6 Å². The highest BCUT2D eigenvalue weighted by Crippen LogP contribution is 2.28. The third kappa shape index (κ3) is 3.37. The van der Waals surface area contributed by atoms with E-state index in [4.69, 9.17) is 0 Å². The Morgan fingerprint density at radius 2 is 1.95 bits per heavy atom. The maximum absolute atomic E-state index is 12.5. The minimum absolute atomic E-state index is 0.00298. The van der Waals surface area contributed by atoms with E-state index in [1.807, 2.05) is 35.2 Å². The number of benzene rings is 1. The van der Waals surface area contributed by atoms with E-state index in [2.05, 4.69) is 5.10 Å². The summed E-state index contributed by atoms with van der Waals surface area (Å²) in [6, 6.07) is 13.2. The van der Waals surface area contributed by atoms with Crippen molar-refractivity contribution in [2.75, 3.05) is 0 Å². The molecule has 0 radical (unpaired) electrons. The molecule has 21 heavy (non-hydrogen) atoms. The minimum atomic E-state index is -0.249. The highest BCUT2D eigenvalue weighted by Gasteiger charge is 2.32. The summed E-state index contributed by atoms with van der Waals surface area (Å²) in [7, 11) is 0. The molecule has 1 aromatic heterocycles. The molecule has 0 saturated heterocycles. The lowest BCUT2D eigenvalue weighted by molar-refractivity contribution is -0.133. The SMILES string of the molecule is O=C(Cn1ncccc1=O)N(Cc1ccccc1)C1CC1. The first-order valence-corrected chi connectivity index (χ1v) is 7.09. The van der Waals surface area contributed by atoms with Crippen LogP contribution >= 0.6 is 0 Å². The molecule has 1 aromatic carbocycles. The van der Waals surface area contributed by atoms with Crippen LogP contribution in [0.5, 0.6) is 0 Å². The van der Waals surface area contributed by atoms with Crippen molar-refractivity contribution in [2.45, 2.75) is 32.0 Å². The van der Waals surface area contributed by atoms with Gasteiger partial charge >= 0.3 is 0 Å². The molecule has 1 heterocycles. The first kappa shape index (κ1) is 13.5. The standard InChI is InChI=1S/C16H17N3O2/c20-15-7-4-10-17-19(15)12-16(21)18(14-8-9-14)11-13-5-2-1-3-6-13/h1-7,10,14H,8-9,11-12H2. The van der Waals surface area contributed by atoms with Crippen LogP contribution in [0.3, 0.4) is 0 Å². The number of hydrogen-bond acceptors (Lipinski definition) is 3.